The van der Waals surface area contributed by atoms with Gasteiger partial charge in [0.2, 0.25) is 0 Å². The lowest BCUT2D eigenvalue weighted by Crippen LogP contribution is -2.42. The topological polar surface area (TPSA) is 97.4 Å². The molecule has 31 heavy (non-hydrogen) atoms. The number of aromatic nitrogens is 2. The van der Waals surface area contributed by atoms with Crippen molar-refractivity contribution >= 4 is 17.7 Å². The minimum Gasteiger partial charge on any atom is -0.360 e. The number of nitrogens with one attached hydrogen (secondary N) is 1. The Morgan fingerprint density at radius 2 is 1.97 bits per heavy atom. The van der Waals surface area contributed by atoms with Crippen molar-refractivity contribution < 1.29 is 18.9 Å². The highest BCUT2D eigenvalue weighted by atomic mass is 16.5. The van der Waals surface area contributed by atoms with Crippen molar-refractivity contribution in [3.8, 4) is 5.82 Å². The number of fused-ring (bicyclic) bond motifs is 2. The van der Waals surface area contributed by atoms with Gasteiger partial charge in [0.25, 0.3) is 5.91 Å². The van der Waals surface area contributed by atoms with Crippen molar-refractivity contribution in [2.24, 2.45) is 0 Å². The first-order valence-corrected chi connectivity index (χ1v) is 10.2. The van der Waals surface area contributed by atoms with Crippen LogP contribution in [0.4, 0.5) is 4.79 Å². The van der Waals surface area contributed by atoms with Gasteiger partial charge in [-0.1, -0.05) is 29.4 Å². The second kappa shape index (κ2) is 6.66. The van der Waals surface area contributed by atoms with Crippen molar-refractivity contribution in [2.75, 3.05) is 6.54 Å². The summed E-state index contributed by atoms with van der Waals surface area (Å²) in [7, 11) is 0. The quantitative estimate of drug-likeness (QED) is 0.519. The standard InChI is InChI=1S/C23H22N4O4/c1-13-10-17(15(3)27(13)20-11-14(2)31-25-20)19(28)12-26-21(29)23(24-22(26)30)9-8-16-6-4-5-7-18(16)23/h4-7,10-11H,8-9,12H2,1-3H3,(H,24,30)/t23-/m0/s1. The highest BCUT2D eigenvalue weighted by Gasteiger charge is 2.55. The number of amides is 3. The van der Waals surface area contributed by atoms with Crippen molar-refractivity contribution in [3.05, 3.63) is 70.2 Å². The summed E-state index contributed by atoms with van der Waals surface area (Å²) in [4.78, 5) is 40.2. The number of Topliss-reactive ketones (excluding diaryl/α,β-unsaturated/α-hetero) is 1. The molecule has 1 fully saturated rings. The Kier molecular flexibility index (Phi) is 4.15. The summed E-state index contributed by atoms with van der Waals surface area (Å²) in [5, 5.41) is 6.88. The van der Waals surface area contributed by atoms with Crippen LogP contribution in [-0.2, 0) is 16.8 Å². The van der Waals surface area contributed by atoms with Crippen LogP contribution in [-0.4, -0.2) is 38.9 Å². The molecule has 0 unspecified atom stereocenters. The zero-order valence-corrected chi connectivity index (χ0v) is 17.6. The molecular weight excluding hydrogens is 396 g/mol. The first-order valence-electron chi connectivity index (χ1n) is 10.2. The van der Waals surface area contributed by atoms with Gasteiger partial charge in [-0.3, -0.25) is 19.1 Å². The molecule has 0 bridgehead atoms. The Morgan fingerprint density at radius 1 is 1.19 bits per heavy atom. The fraction of sp³-hybridized carbons (Fsp3) is 0.304. The lowest BCUT2D eigenvalue weighted by molar-refractivity contribution is -0.131. The smallest absolute Gasteiger partial charge is 0.325 e. The number of aryl methyl sites for hydroxylation is 3. The van der Waals surface area contributed by atoms with Crippen LogP contribution in [0.1, 0.15) is 45.1 Å². The van der Waals surface area contributed by atoms with Gasteiger partial charge in [-0.05, 0) is 50.8 Å². The van der Waals surface area contributed by atoms with E-state index in [4.69, 9.17) is 4.52 Å². The summed E-state index contributed by atoms with van der Waals surface area (Å²) in [5.74, 6) is 0.586. The van der Waals surface area contributed by atoms with Crippen LogP contribution in [0.3, 0.4) is 0 Å². The molecule has 3 amide bonds. The molecule has 0 radical (unpaired) electrons. The maximum absolute atomic E-state index is 13.3. The maximum Gasteiger partial charge on any atom is 0.325 e. The minimum absolute atomic E-state index is 0.300. The summed E-state index contributed by atoms with van der Waals surface area (Å²) >= 11 is 0. The third kappa shape index (κ3) is 2.74. The molecule has 1 aromatic carbocycles. The SMILES string of the molecule is Cc1cc(-n2c(C)cc(C(=O)CN3C(=O)N[C@]4(CCc5ccccc54)C3=O)c2C)no1. The molecule has 158 valence electrons. The van der Waals surface area contributed by atoms with Gasteiger partial charge < -0.3 is 9.84 Å². The molecule has 1 aliphatic carbocycles. The van der Waals surface area contributed by atoms with Gasteiger partial charge in [0.15, 0.2) is 11.6 Å². The zero-order valence-electron chi connectivity index (χ0n) is 17.6. The number of rotatable bonds is 4. The van der Waals surface area contributed by atoms with Gasteiger partial charge >= 0.3 is 6.03 Å². The van der Waals surface area contributed by atoms with Gasteiger partial charge in [-0.15, -0.1) is 0 Å². The first kappa shape index (κ1) is 19.3. The molecular formula is C23H22N4O4. The lowest BCUT2D eigenvalue weighted by atomic mass is 9.92. The normalized spacial score (nSPS) is 19.9. The fourth-order valence-corrected chi connectivity index (χ4v) is 4.82. The third-order valence-electron chi connectivity index (χ3n) is 6.30. The molecule has 1 aliphatic heterocycles. The number of urea groups is 1. The van der Waals surface area contributed by atoms with E-state index in [0.717, 1.165) is 21.7 Å². The van der Waals surface area contributed by atoms with Crippen molar-refractivity contribution in [1.29, 1.82) is 0 Å². The van der Waals surface area contributed by atoms with E-state index in [9.17, 15) is 14.4 Å². The molecule has 1 atom stereocenters. The number of nitrogens with zero attached hydrogens (tertiary/aromatic N) is 3. The third-order valence-corrected chi connectivity index (χ3v) is 6.30. The van der Waals surface area contributed by atoms with Crippen molar-refractivity contribution in [3.63, 3.8) is 0 Å². The molecule has 0 saturated carbocycles. The number of benzene rings is 1. The van der Waals surface area contributed by atoms with E-state index >= 15 is 0 Å². The summed E-state index contributed by atoms with van der Waals surface area (Å²) in [6, 6.07) is 10.6. The molecule has 1 N–H and O–H groups in total. The number of hydrogen-bond donors (Lipinski definition) is 1. The van der Waals surface area contributed by atoms with E-state index in [-0.39, 0.29) is 18.2 Å². The van der Waals surface area contributed by atoms with Gasteiger partial charge in [-0.25, -0.2) is 4.79 Å². The Hall–Kier alpha value is -3.68. The van der Waals surface area contributed by atoms with E-state index in [1.807, 2.05) is 42.7 Å². The Labute approximate surface area is 178 Å². The molecule has 1 spiro atoms. The van der Waals surface area contributed by atoms with E-state index in [1.54, 1.807) is 19.1 Å². The second-order valence-corrected chi connectivity index (χ2v) is 8.22. The molecule has 2 aromatic heterocycles. The fourth-order valence-electron chi connectivity index (χ4n) is 4.82. The number of imide groups is 1. The molecule has 1 saturated heterocycles. The van der Waals surface area contributed by atoms with Crippen LogP contribution in [0.15, 0.2) is 40.9 Å². The van der Waals surface area contributed by atoms with Crippen LogP contribution < -0.4 is 5.32 Å². The van der Waals surface area contributed by atoms with Crippen molar-refractivity contribution in [1.82, 2.24) is 19.9 Å². The average molecular weight is 418 g/mol. The van der Waals surface area contributed by atoms with Crippen molar-refractivity contribution in [2.45, 2.75) is 39.2 Å². The predicted molar refractivity (Wildman–Crippen MR) is 111 cm³/mol. The number of carbonyl (C=O) groups excluding carboxylic acids is 3. The Balaban J connectivity index is 1.43. The van der Waals surface area contributed by atoms with E-state index in [1.165, 1.54) is 0 Å². The largest absolute Gasteiger partial charge is 0.360 e. The molecule has 8 heteroatoms. The van der Waals surface area contributed by atoms with Crippen LogP contribution in [0.2, 0.25) is 0 Å². The van der Waals surface area contributed by atoms with E-state index in [2.05, 4.69) is 10.5 Å². The second-order valence-electron chi connectivity index (χ2n) is 8.22. The highest BCUT2D eigenvalue weighted by molar-refractivity contribution is 6.12. The summed E-state index contributed by atoms with van der Waals surface area (Å²) < 4.78 is 6.98. The average Bonchev–Trinajstić information content (AvgIpc) is 3.46. The van der Waals surface area contributed by atoms with Crippen LogP contribution >= 0.6 is 0 Å². The Morgan fingerprint density at radius 3 is 2.71 bits per heavy atom. The molecule has 2 aliphatic rings. The Bertz CT molecular complexity index is 1250. The molecule has 3 aromatic rings. The van der Waals surface area contributed by atoms with E-state index < -0.39 is 11.6 Å². The summed E-state index contributed by atoms with van der Waals surface area (Å²) in [5.41, 5.74) is 2.75. The molecule has 5 rings (SSSR count). The van der Waals surface area contributed by atoms with Crippen LogP contribution in [0.5, 0.6) is 0 Å². The molecule has 8 nitrogen and oxygen atoms in total. The highest BCUT2D eigenvalue weighted by Crippen LogP contribution is 2.41. The predicted octanol–water partition coefficient (Wildman–Crippen LogP) is 2.97. The monoisotopic (exact) mass is 418 g/mol. The molecule has 3 heterocycles. The maximum atomic E-state index is 13.3. The van der Waals surface area contributed by atoms with Gasteiger partial charge in [0.05, 0.1) is 6.54 Å². The van der Waals surface area contributed by atoms with E-state index in [0.29, 0.717) is 35.7 Å². The number of ketones is 1. The first-order chi connectivity index (χ1) is 14.8. The lowest BCUT2D eigenvalue weighted by Gasteiger charge is -2.22. The van der Waals surface area contributed by atoms with Gasteiger partial charge in [-0.2, -0.15) is 0 Å². The van der Waals surface area contributed by atoms with Crippen LogP contribution in [0.25, 0.3) is 5.82 Å². The summed E-state index contributed by atoms with van der Waals surface area (Å²) in [6.45, 7) is 5.17. The van der Waals surface area contributed by atoms with Crippen LogP contribution in [0, 0.1) is 20.8 Å². The summed E-state index contributed by atoms with van der Waals surface area (Å²) in [6.07, 6.45) is 1.21. The number of carbonyl (C=O) groups is 3. The van der Waals surface area contributed by atoms with Gasteiger partial charge in [0, 0.05) is 23.0 Å². The minimum atomic E-state index is -1.07. The zero-order chi connectivity index (χ0) is 21.9. The number of hydrogen-bond acceptors (Lipinski definition) is 5. The van der Waals surface area contributed by atoms with Gasteiger partial charge in [0.1, 0.15) is 11.3 Å².